The Morgan fingerprint density at radius 3 is 2.65 bits per heavy atom. The minimum Gasteiger partial charge on any atom is -0.343 e. The van der Waals surface area contributed by atoms with Crippen LogP contribution in [-0.2, 0) is 6.54 Å². The molecule has 2 aromatic carbocycles. The number of aromatic nitrogens is 2. The molecule has 4 aromatic rings. The Morgan fingerprint density at radius 2 is 1.88 bits per heavy atom. The number of H-pyrrole nitrogens is 1. The van der Waals surface area contributed by atoms with Crippen LogP contribution in [0.15, 0.2) is 71.7 Å². The minimum atomic E-state index is -0.345. The SMILES string of the molecule is Cc1cc(-c2ccc3ccn(Cc4ccccc4)c3c2)c(C#N)c(=O)[nH]1. The Bertz CT molecular complexity index is 1190. The largest absolute Gasteiger partial charge is 0.343 e. The number of aryl methyl sites for hydroxylation is 1. The Morgan fingerprint density at radius 1 is 1.08 bits per heavy atom. The van der Waals surface area contributed by atoms with Crippen LogP contribution in [-0.4, -0.2) is 9.55 Å². The second-order valence-electron chi connectivity index (χ2n) is 6.38. The van der Waals surface area contributed by atoms with Crippen LogP contribution in [0.4, 0.5) is 0 Å². The monoisotopic (exact) mass is 339 g/mol. The molecule has 0 unspecified atom stereocenters. The fraction of sp³-hybridized carbons (Fsp3) is 0.0909. The Labute approximate surface area is 151 Å². The lowest BCUT2D eigenvalue weighted by Crippen LogP contribution is -2.12. The van der Waals surface area contributed by atoms with Gasteiger partial charge >= 0.3 is 0 Å². The molecule has 0 amide bonds. The third-order valence-corrected chi connectivity index (χ3v) is 4.56. The lowest BCUT2D eigenvalue weighted by molar-refractivity contribution is 0.837. The molecule has 4 heteroatoms. The molecule has 0 fully saturated rings. The first kappa shape index (κ1) is 15.9. The molecule has 0 radical (unpaired) electrons. The number of pyridine rings is 1. The van der Waals surface area contributed by atoms with Crippen molar-refractivity contribution in [2.24, 2.45) is 0 Å². The highest BCUT2D eigenvalue weighted by Crippen LogP contribution is 2.27. The maximum absolute atomic E-state index is 12.1. The van der Waals surface area contributed by atoms with Gasteiger partial charge in [0, 0.05) is 29.5 Å². The molecular formula is C22H17N3O. The molecule has 4 rings (SSSR count). The van der Waals surface area contributed by atoms with Gasteiger partial charge in [-0.1, -0.05) is 42.5 Å². The van der Waals surface area contributed by atoms with E-state index in [4.69, 9.17) is 0 Å². The number of nitriles is 1. The van der Waals surface area contributed by atoms with E-state index in [2.05, 4.69) is 33.9 Å². The number of hydrogen-bond acceptors (Lipinski definition) is 2. The van der Waals surface area contributed by atoms with Crippen LogP contribution in [0.5, 0.6) is 0 Å². The smallest absolute Gasteiger partial charge is 0.266 e. The molecule has 0 aliphatic heterocycles. The van der Waals surface area contributed by atoms with E-state index < -0.39 is 0 Å². The number of nitrogens with zero attached hydrogens (tertiary/aromatic N) is 2. The summed E-state index contributed by atoms with van der Waals surface area (Å²) in [5.41, 5.74) is 4.38. The number of aromatic amines is 1. The van der Waals surface area contributed by atoms with Crippen molar-refractivity contribution in [1.82, 2.24) is 9.55 Å². The Hall–Kier alpha value is -3.58. The highest BCUT2D eigenvalue weighted by Gasteiger charge is 2.12. The van der Waals surface area contributed by atoms with E-state index >= 15 is 0 Å². The summed E-state index contributed by atoms with van der Waals surface area (Å²) in [6, 6.07) is 22.3. The molecule has 4 nitrogen and oxygen atoms in total. The van der Waals surface area contributed by atoms with Gasteiger partial charge in [-0.15, -0.1) is 0 Å². The van der Waals surface area contributed by atoms with Gasteiger partial charge in [-0.05, 0) is 41.6 Å². The van der Waals surface area contributed by atoms with Crippen molar-refractivity contribution in [3.63, 3.8) is 0 Å². The van der Waals surface area contributed by atoms with Crippen LogP contribution in [0.1, 0.15) is 16.8 Å². The normalized spacial score (nSPS) is 10.8. The van der Waals surface area contributed by atoms with Crippen molar-refractivity contribution in [3.8, 4) is 17.2 Å². The zero-order valence-corrected chi connectivity index (χ0v) is 14.4. The molecule has 1 N–H and O–H groups in total. The quantitative estimate of drug-likeness (QED) is 0.607. The van der Waals surface area contributed by atoms with Crippen LogP contribution in [0.2, 0.25) is 0 Å². The molecule has 2 heterocycles. The number of benzene rings is 2. The molecule has 0 aliphatic carbocycles. The van der Waals surface area contributed by atoms with Gasteiger partial charge in [-0.25, -0.2) is 0 Å². The first-order chi connectivity index (χ1) is 12.7. The molecule has 0 spiro atoms. The van der Waals surface area contributed by atoms with Crippen LogP contribution >= 0.6 is 0 Å². The van der Waals surface area contributed by atoms with Crippen LogP contribution in [0.25, 0.3) is 22.0 Å². The Kier molecular flexibility index (Phi) is 3.91. The zero-order chi connectivity index (χ0) is 18.1. The summed E-state index contributed by atoms with van der Waals surface area (Å²) in [7, 11) is 0. The van der Waals surface area contributed by atoms with Crippen molar-refractivity contribution in [2.75, 3.05) is 0 Å². The molecule has 0 atom stereocenters. The van der Waals surface area contributed by atoms with Gasteiger partial charge in [0.1, 0.15) is 11.6 Å². The number of hydrogen-bond donors (Lipinski definition) is 1. The molecule has 0 aliphatic rings. The Balaban J connectivity index is 1.85. The highest BCUT2D eigenvalue weighted by atomic mass is 16.1. The lowest BCUT2D eigenvalue weighted by Gasteiger charge is -2.09. The summed E-state index contributed by atoms with van der Waals surface area (Å²) < 4.78 is 2.18. The van der Waals surface area contributed by atoms with E-state index in [1.807, 2.05) is 55.5 Å². The average molecular weight is 339 g/mol. The molecule has 126 valence electrons. The van der Waals surface area contributed by atoms with Gasteiger partial charge < -0.3 is 9.55 Å². The molecular weight excluding hydrogens is 322 g/mol. The predicted molar refractivity (Wildman–Crippen MR) is 103 cm³/mol. The van der Waals surface area contributed by atoms with Gasteiger partial charge in [-0.2, -0.15) is 5.26 Å². The van der Waals surface area contributed by atoms with Gasteiger partial charge in [0.25, 0.3) is 5.56 Å². The van der Waals surface area contributed by atoms with Crippen LogP contribution in [0, 0.1) is 18.3 Å². The fourth-order valence-electron chi connectivity index (χ4n) is 3.30. The summed E-state index contributed by atoms with van der Waals surface area (Å²) >= 11 is 0. The third-order valence-electron chi connectivity index (χ3n) is 4.56. The van der Waals surface area contributed by atoms with Gasteiger partial charge in [0.2, 0.25) is 0 Å². The summed E-state index contributed by atoms with van der Waals surface area (Å²) in [6.07, 6.45) is 2.07. The first-order valence-corrected chi connectivity index (χ1v) is 8.43. The standard InChI is InChI=1S/C22H17N3O/c1-15-11-19(20(13-23)22(26)24-15)18-8-7-17-9-10-25(21(17)12-18)14-16-5-3-2-4-6-16/h2-12H,14H2,1H3,(H,24,26). The van der Waals surface area contributed by atoms with E-state index in [1.165, 1.54) is 5.56 Å². The maximum atomic E-state index is 12.1. The molecule has 0 saturated carbocycles. The zero-order valence-electron chi connectivity index (χ0n) is 14.4. The maximum Gasteiger partial charge on any atom is 0.266 e. The average Bonchev–Trinajstić information content (AvgIpc) is 3.04. The topological polar surface area (TPSA) is 61.6 Å². The van der Waals surface area contributed by atoms with E-state index in [0.717, 1.165) is 28.7 Å². The molecule has 0 saturated heterocycles. The molecule has 26 heavy (non-hydrogen) atoms. The van der Waals surface area contributed by atoms with E-state index in [9.17, 15) is 10.1 Å². The highest BCUT2D eigenvalue weighted by molar-refractivity contribution is 5.86. The third kappa shape index (κ3) is 2.80. The second-order valence-corrected chi connectivity index (χ2v) is 6.38. The summed E-state index contributed by atoms with van der Waals surface area (Å²) in [6.45, 7) is 2.59. The minimum absolute atomic E-state index is 0.149. The predicted octanol–water partition coefficient (Wildman–Crippen LogP) is 4.23. The van der Waals surface area contributed by atoms with Gasteiger partial charge in [0.15, 0.2) is 0 Å². The van der Waals surface area contributed by atoms with E-state index in [1.54, 1.807) is 0 Å². The van der Waals surface area contributed by atoms with Gasteiger partial charge in [-0.3, -0.25) is 4.79 Å². The van der Waals surface area contributed by atoms with E-state index in [-0.39, 0.29) is 11.1 Å². The van der Waals surface area contributed by atoms with Crippen molar-refractivity contribution in [1.29, 1.82) is 5.26 Å². The van der Waals surface area contributed by atoms with Crippen LogP contribution in [0.3, 0.4) is 0 Å². The number of nitrogens with one attached hydrogen (secondary N) is 1. The van der Waals surface area contributed by atoms with Crippen molar-refractivity contribution < 1.29 is 0 Å². The fourth-order valence-corrected chi connectivity index (χ4v) is 3.30. The summed E-state index contributed by atoms with van der Waals surface area (Å²) in [5.74, 6) is 0. The number of fused-ring (bicyclic) bond motifs is 1. The number of rotatable bonds is 3. The van der Waals surface area contributed by atoms with Gasteiger partial charge in [0.05, 0.1) is 0 Å². The van der Waals surface area contributed by atoms with E-state index in [0.29, 0.717) is 5.56 Å². The van der Waals surface area contributed by atoms with Crippen molar-refractivity contribution in [2.45, 2.75) is 13.5 Å². The second kappa shape index (κ2) is 6.38. The first-order valence-electron chi connectivity index (χ1n) is 8.43. The van der Waals surface area contributed by atoms with Crippen LogP contribution < -0.4 is 5.56 Å². The lowest BCUT2D eigenvalue weighted by atomic mass is 10.00. The van der Waals surface area contributed by atoms with Crippen molar-refractivity contribution >= 4 is 10.9 Å². The van der Waals surface area contributed by atoms with Crippen molar-refractivity contribution in [3.05, 3.63) is 94.0 Å². The molecule has 2 aromatic heterocycles. The molecule has 0 bridgehead atoms. The summed E-state index contributed by atoms with van der Waals surface area (Å²) in [4.78, 5) is 14.8. The summed E-state index contributed by atoms with van der Waals surface area (Å²) in [5, 5.41) is 10.5.